The van der Waals surface area contributed by atoms with Crippen LogP contribution < -0.4 is 31.1 Å². The summed E-state index contributed by atoms with van der Waals surface area (Å²) in [5, 5.41) is 0. The third-order valence-corrected chi connectivity index (χ3v) is 17.1. The van der Waals surface area contributed by atoms with E-state index in [1.807, 2.05) is 0 Å². The first-order valence-corrected chi connectivity index (χ1v) is 27.0. The molecule has 362 valence electrons. The highest BCUT2D eigenvalue weighted by Crippen LogP contribution is 2.64. The summed E-state index contributed by atoms with van der Waals surface area (Å²) in [6.07, 6.45) is 0. The topological polar surface area (TPSA) is 9.72 Å². The molecule has 1 spiro atoms. The van der Waals surface area contributed by atoms with Crippen LogP contribution in [0.2, 0.25) is 0 Å². The maximum absolute atomic E-state index is 2.63. The van der Waals surface area contributed by atoms with Gasteiger partial charge in [0.15, 0.2) is 0 Å². The van der Waals surface area contributed by atoms with E-state index in [0.717, 1.165) is 17.1 Å². The van der Waals surface area contributed by atoms with E-state index < -0.39 is 5.41 Å². The van der Waals surface area contributed by atoms with Crippen molar-refractivity contribution in [1.82, 2.24) is 0 Å². The van der Waals surface area contributed by atoms with Gasteiger partial charge < -0.3 is 14.7 Å². The van der Waals surface area contributed by atoms with Gasteiger partial charge in [0.05, 0.1) is 5.41 Å². The maximum Gasteiger partial charge on any atom is 0.252 e. The second-order valence-electron chi connectivity index (χ2n) is 22.4. The average Bonchev–Trinajstić information content (AvgIpc) is 4.07. The number of rotatable bonds is 7. The Bertz CT molecular complexity index is 3930. The number of hydrogen-bond donors (Lipinski definition) is 0. The van der Waals surface area contributed by atoms with Crippen LogP contribution in [0.1, 0.15) is 95.2 Å². The molecule has 0 fully saturated rings. The van der Waals surface area contributed by atoms with Crippen molar-refractivity contribution < 1.29 is 0 Å². The SMILES string of the molecule is Cc1cccc(N2c3cc(C)ccc3B3c4cc5c(cc4N(c4ccccc4C)c4cc(C)cc2c43)C2(c3ccccc3-c3ccc(N(c4ccc(C(C)C)cc4)c4ccc(C(C)C)cc4)cc32)c2ccccc2-5)c1. The monoisotopic (exact) mass is 965 g/mol. The van der Waals surface area contributed by atoms with Crippen LogP contribution in [0, 0.1) is 27.7 Å². The molecular weight excluding hydrogens is 906 g/mol. The quantitative estimate of drug-likeness (QED) is 0.147. The Morgan fingerprint density at radius 2 is 0.920 bits per heavy atom. The zero-order valence-electron chi connectivity index (χ0n) is 44.2. The van der Waals surface area contributed by atoms with E-state index in [-0.39, 0.29) is 6.71 Å². The Kier molecular flexibility index (Phi) is 10.2. The van der Waals surface area contributed by atoms with Crippen molar-refractivity contribution in [3.63, 3.8) is 0 Å². The minimum Gasteiger partial charge on any atom is -0.311 e. The summed E-state index contributed by atoms with van der Waals surface area (Å²) >= 11 is 0. The summed E-state index contributed by atoms with van der Waals surface area (Å²) in [6.45, 7) is 18.1. The highest BCUT2D eigenvalue weighted by molar-refractivity contribution is 7.00. The maximum atomic E-state index is 2.63. The molecule has 0 saturated carbocycles. The van der Waals surface area contributed by atoms with Crippen molar-refractivity contribution >= 4 is 74.3 Å². The summed E-state index contributed by atoms with van der Waals surface area (Å²) in [7, 11) is 0. The molecule has 10 aromatic rings. The molecule has 1 atom stereocenters. The van der Waals surface area contributed by atoms with Gasteiger partial charge in [-0.3, -0.25) is 0 Å². The fourth-order valence-corrected chi connectivity index (χ4v) is 13.6. The molecule has 0 bridgehead atoms. The van der Waals surface area contributed by atoms with Gasteiger partial charge in [-0.1, -0.05) is 155 Å². The third kappa shape index (κ3) is 6.61. The van der Waals surface area contributed by atoms with Gasteiger partial charge in [-0.05, 0) is 213 Å². The van der Waals surface area contributed by atoms with Gasteiger partial charge in [0.1, 0.15) is 0 Å². The van der Waals surface area contributed by atoms with Crippen LogP contribution in [-0.4, -0.2) is 6.71 Å². The minimum atomic E-state index is -0.601. The highest BCUT2D eigenvalue weighted by atomic mass is 15.2. The molecule has 4 aliphatic rings. The molecule has 0 N–H and O–H groups in total. The smallest absolute Gasteiger partial charge is 0.252 e. The lowest BCUT2D eigenvalue weighted by molar-refractivity contribution is 0.793. The predicted molar refractivity (Wildman–Crippen MR) is 319 cm³/mol. The summed E-state index contributed by atoms with van der Waals surface area (Å²) < 4.78 is 0. The molecule has 0 radical (unpaired) electrons. The van der Waals surface area contributed by atoms with E-state index >= 15 is 0 Å². The van der Waals surface area contributed by atoms with E-state index in [9.17, 15) is 0 Å². The molecule has 1 unspecified atom stereocenters. The first kappa shape index (κ1) is 45.3. The minimum absolute atomic E-state index is 0.0102. The standard InChI is InChI=1S/C71H60BN3/c1-43(2)49-25-29-51(30-26-49)73(52-31-27-50(28-32-52)44(3)4)54-33-34-57-55-19-10-12-21-59(55)71(61(57)40-54)60-22-13-11-20-56(60)58-41-64-67(42-62(58)71)75(65-23-14-9-17-48(65)8)69-39-47(7)38-68-70(69)72(64)63-35-24-46(6)37-66(63)74(68)53-18-15-16-45(5)36-53/h9-44H,1-8H3. The lowest BCUT2D eigenvalue weighted by Gasteiger charge is -2.45. The van der Waals surface area contributed by atoms with Crippen LogP contribution in [0.3, 0.4) is 0 Å². The number of para-hydroxylation sites is 1. The second kappa shape index (κ2) is 16.8. The van der Waals surface area contributed by atoms with Crippen LogP contribution in [-0.2, 0) is 5.41 Å². The zero-order chi connectivity index (χ0) is 51.0. The van der Waals surface area contributed by atoms with Crippen LogP contribution in [0.15, 0.2) is 206 Å². The molecule has 14 rings (SSSR count). The Balaban J connectivity index is 1.06. The van der Waals surface area contributed by atoms with Gasteiger partial charge in [-0.15, -0.1) is 0 Å². The zero-order valence-corrected chi connectivity index (χ0v) is 44.2. The number of hydrogen-bond acceptors (Lipinski definition) is 3. The van der Waals surface area contributed by atoms with Gasteiger partial charge in [0.25, 0.3) is 6.71 Å². The predicted octanol–water partition coefficient (Wildman–Crippen LogP) is 17.1. The normalized spacial score (nSPS) is 15.1. The van der Waals surface area contributed by atoms with Crippen LogP contribution in [0.5, 0.6) is 0 Å². The molecule has 0 amide bonds. The molecular formula is C71H60BN3. The third-order valence-electron chi connectivity index (χ3n) is 17.1. The lowest BCUT2D eigenvalue weighted by atomic mass is 9.33. The van der Waals surface area contributed by atoms with Gasteiger partial charge in [-0.2, -0.15) is 0 Å². The molecule has 0 saturated heterocycles. The largest absolute Gasteiger partial charge is 0.311 e. The van der Waals surface area contributed by atoms with Gasteiger partial charge >= 0.3 is 0 Å². The molecule has 10 aromatic carbocycles. The molecule has 0 aromatic heterocycles. The van der Waals surface area contributed by atoms with E-state index in [1.54, 1.807) is 0 Å². The number of aryl methyl sites for hydroxylation is 4. The van der Waals surface area contributed by atoms with Crippen LogP contribution in [0.25, 0.3) is 22.3 Å². The first-order chi connectivity index (χ1) is 36.5. The Morgan fingerprint density at radius 1 is 0.373 bits per heavy atom. The van der Waals surface area contributed by atoms with Crippen molar-refractivity contribution in [3.05, 3.63) is 262 Å². The lowest BCUT2D eigenvalue weighted by Crippen LogP contribution is -2.61. The Hall–Kier alpha value is -8.34. The van der Waals surface area contributed by atoms with Crippen LogP contribution in [0.4, 0.5) is 51.2 Å². The highest BCUT2D eigenvalue weighted by Gasteiger charge is 2.54. The van der Waals surface area contributed by atoms with E-state index in [2.05, 4.69) is 276 Å². The number of nitrogens with zero attached hydrogens (tertiary/aromatic N) is 3. The molecule has 75 heavy (non-hydrogen) atoms. The number of benzene rings is 10. The molecule has 3 nitrogen and oxygen atoms in total. The number of anilines is 9. The van der Waals surface area contributed by atoms with Crippen molar-refractivity contribution in [3.8, 4) is 22.3 Å². The fraction of sp³-hybridized carbons (Fsp3) is 0.155. The fourth-order valence-electron chi connectivity index (χ4n) is 13.6. The second-order valence-corrected chi connectivity index (χ2v) is 22.4. The van der Waals surface area contributed by atoms with Crippen LogP contribution >= 0.6 is 0 Å². The van der Waals surface area contributed by atoms with Crippen molar-refractivity contribution in [2.75, 3.05) is 14.7 Å². The molecule has 2 heterocycles. The van der Waals surface area contributed by atoms with Gasteiger partial charge in [-0.25, -0.2) is 0 Å². The van der Waals surface area contributed by atoms with E-state index in [0.29, 0.717) is 11.8 Å². The molecule has 4 heteroatoms. The van der Waals surface area contributed by atoms with Crippen molar-refractivity contribution in [1.29, 1.82) is 0 Å². The summed E-state index contributed by atoms with van der Waals surface area (Å²) in [6, 6.07) is 79.7. The molecule has 2 aliphatic carbocycles. The summed E-state index contributed by atoms with van der Waals surface area (Å²) in [4.78, 5) is 7.64. The Morgan fingerprint density at radius 3 is 1.57 bits per heavy atom. The van der Waals surface area contributed by atoms with E-state index in [4.69, 9.17) is 0 Å². The van der Waals surface area contributed by atoms with Gasteiger partial charge in [0.2, 0.25) is 0 Å². The Labute approximate surface area is 443 Å². The van der Waals surface area contributed by atoms with Crippen molar-refractivity contribution in [2.24, 2.45) is 0 Å². The van der Waals surface area contributed by atoms with Crippen molar-refractivity contribution in [2.45, 2.75) is 72.6 Å². The number of fused-ring (bicyclic) bond motifs is 14. The average molecular weight is 966 g/mol. The first-order valence-electron chi connectivity index (χ1n) is 27.0. The van der Waals surface area contributed by atoms with E-state index in [1.165, 1.54) is 128 Å². The van der Waals surface area contributed by atoms with Gasteiger partial charge in [0, 0.05) is 51.2 Å². The molecule has 2 aliphatic heterocycles. The summed E-state index contributed by atoms with van der Waals surface area (Å²) in [5.74, 6) is 0.882. The summed E-state index contributed by atoms with van der Waals surface area (Å²) in [5.41, 5.74) is 32.3.